The Morgan fingerprint density at radius 3 is 2.67 bits per heavy atom. The van der Waals surface area contributed by atoms with Crippen LogP contribution in [-0.4, -0.2) is 11.2 Å². The molecule has 0 bridgehead atoms. The summed E-state index contributed by atoms with van der Waals surface area (Å²) in [5, 5.41) is 10.2. The number of fused-ring (bicyclic) bond motifs is 5. The van der Waals surface area contributed by atoms with Gasteiger partial charge in [-0.05, 0) is 105 Å². The molecule has 0 aromatic heterocycles. The van der Waals surface area contributed by atoms with Crippen molar-refractivity contribution in [3.05, 3.63) is 23.8 Å². The van der Waals surface area contributed by atoms with E-state index in [1.807, 2.05) is 0 Å². The fraction of sp³-hybridized carbons (Fsp3) is 0.846. The van der Waals surface area contributed by atoms with E-state index in [0.29, 0.717) is 10.8 Å². The van der Waals surface area contributed by atoms with Gasteiger partial charge in [-0.25, -0.2) is 0 Å². The topological polar surface area (TPSA) is 20.2 Å². The van der Waals surface area contributed by atoms with Crippen molar-refractivity contribution in [3.63, 3.8) is 0 Å². The van der Waals surface area contributed by atoms with Crippen LogP contribution in [-0.2, 0) is 0 Å². The Morgan fingerprint density at radius 1 is 1.07 bits per heavy atom. The van der Waals surface area contributed by atoms with Gasteiger partial charge in [-0.15, -0.1) is 0 Å². The van der Waals surface area contributed by atoms with Gasteiger partial charge in [0.1, 0.15) is 0 Å². The minimum atomic E-state index is -0.0804. The number of allylic oxidation sites excluding steroid dienone is 3. The molecule has 27 heavy (non-hydrogen) atoms. The zero-order valence-corrected chi connectivity index (χ0v) is 18.2. The Balaban J connectivity index is 1.49. The molecule has 0 aromatic carbocycles. The van der Waals surface area contributed by atoms with E-state index in [1.54, 1.807) is 5.57 Å². The molecule has 0 radical (unpaired) electrons. The van der Waals surface area contributed by atoms with Crippen molar-refractivity contribution in [1.82, 2.24) is 0 Å². The summed E-state index contributed by atoms with van der Waals surface area (Å²) in [5.41, 5.74) is 2.56. The number of aliphatic hydroxyl groups excluding tert-OH is 1. The molecule has 0 spiro atoms. The van der Waals surface area contributed by atoms with Gasteiger partial charge in [0.15, 0.2) is 0 Å². The molecule has 1 N–H and O–H groups in total. The maximum absolute atomic E-state index is 10.2. The molecule has 0 heterocycles. The molecule has 0 amide bonds. The molecule has 1 heteroatoms. The second-order valence-electron chi connectivity index (χ2n) is 11.3. The summed E-state index contributed by atoms with van der Waals surface area (Å²) in [6.45, 7) is 9.82. The first-order valence-electron chi connectivity index (χ1n) is 11.9. The van der Waals surface area contributed by atoms with Crippen molar-refractivity contribution in [2.24, 2.45) is 40.4 Å². The summed E-state index contributed by atoms with van der Waals surface area (Å²) < 4.78 is 0. The third kappa shape index (κ3) is 3.37. The molecule has 3 fully saturated rings. The molecule has 0 aromatic rings. The smallest absolute Gasteiger partial charge is 0.0577 e. The van der Waals surface area contributed by atoms with Gasteiger partial charge in [-0.1, -0.05) is 51.5 Å². The highest BCUT2D eigenvalue weighted by atomic mass is 16.3. The van der Waals surface area contributed by atoms with Crippen LogP contribution in [0, 0.1) is 40.4 Å². The Hall–Kier alpha value is -0.560. The van der Waals surface area contributed by atoms with Crippen molar-refractivity contribution in [2.45, 2.75) is 98.0 Å². The summed E-state index contributed by atoms with van der Waals surface area (Å²) >= 11 is 0. The highest BCUT2D eigenvalue weighted by Gasteiger charge is 2.58. The molecule has 152 valence electrons. The standard InChI is InChI=1S/C26H42O/c1-18(2)7-5-6-8-19-10-12-23-22-11-9-20-17-21(27)13-15-26(20,4)24(22)14-16-25(19,23)3/h5-6,9,18-19,21-24,27H,7-8,10-17H2,1-4H3/b6-5+. The molecule has 4 rings (SSSR count). The van der Waals surface area contributed by atoms with Gasteiger partial charge < -0.3 is 5.11 Å². The summed E-state index contributed by atoms with van der Waals surface area (Å²) in [5.74, 6) is 4.39. The molecule has 0 saturated heterocycles. The quantitative estimate of drug-likeness (QED) is 0.533. The lowest BCUT2D eigenvalue weighted by Gasteiger charge is -2.58. The van der Waals surface area contributed by atoms with E-state index in [2.05, 4.69) is 45.9 Å². The lowest BCUT2D eigenvalue weighted by molar-refractivity contribution is -0.0492. The van der Waals surface area contributed by atoms with E-state index < -0.39 is 0 Å². The predicted octanol–water partition coefficient (Wildman–Crippen LogP) is 6.92. The lowest BCUT2D eigenvalue weighted by Crippen LogP contribution is -2.50. The van der Waals surface area contributed by atoms with Gasteiger partial charge in [0.2, 0.25) is 0 Å². The molecule has 4 aliphatic rings. The first-order chi connectivity index (χ1) is 12.8. The normalized spacial score (nSPS) is 46.9. The van der Waals surface area contributed by atoms with E-state index in [-0.39, 0.29) is 6.10 Å². The minimum Gasteiger partial charge on any atom is -0.393 e. The molecular weight excluding hydrogens is 328 g/mol. The molecular formula is C26H42O. The Labute approximate surface area is 167 Å². The van der Waals surface area contributed by atoms with Gasteiger partial charge in [0.25, 0.3) is 0 Å². The van der Waals surface area contributed by atoms with Crippen LogP contribution in [0.4, 0.5) is 0 Å². The zero-order valence-electron chi connectivity index (χ0n) is 18.2. The van der Waals surface area contributed by atoms with Crippen molar-refractivity contribution in [3.8, 4) is 0 Å². The highest BCUT2D eigenvalue weighted by molar-refractivity contribution is 5.25. The molecule has 1 nitrogen and oxygen atoms in total. The number of hydrogen-bond acceptors (Lipinski definition) is 1. The average molecular weight is 371 g/mol. The van der Waals surface area contributed by atoms with Crippen LogP contribution in [0.3, 0.4) is 0 Å². The van der Waals surface area contributed by atoms with E-state index in [9.17, 15) is 5.11 Å². The van der Waals surface area contributed by atoms with E-state index in [0.717, 1.165) is 42.4 Å². The van der Waals surface area contributed by atoms with Crippen LogP contribution < -0.4 is 0 Å². The second kappa shape index (κ2) is 7.36. The van der Waals surface area contributed by atoms with Gasteiger partial charge in [-0.3, -0.25) is 0 Å². The molecule has 0 aliphatic heterocycles. The first kappa shape index (κ1) is 19.7. The van der Waals surface area contributed by atoms with E-state index in [4.69, 9.17) is 0 Å². The van der Waals surface area contributed by atoms with Crippen LogP contribution in [0.25, 0.3) is 0 Å². The van der Waals surface area contributed by atoms with Gasteiger partial charge in [0.05, 0.1) is 6.10 Å². The van der Waals surface area contributed by atoms with E-state index >= 15 is 0 Å². The Bertz CT molecular complexity index is 601. The maximum atomic E-state index is 10.2. The lowest BCUT2D eigenvalue weighted by atomic mass is 9.47. The Kier molecular flexibility index (Phi) is 5.38. The molecule has 3 saturated carbocycles. The van der Waals surface area contributed by atoms with Crippen molar-refractivity contribution < 1.29 is 5.11 Å². The van der Waals surface area contributed by atoms with E-state index in [1.165, 1.54) is 51.4 Å². The van der Waals surface area contributed by atoms with Crippen molar-refractivity contribution in [1.29, 1.82) is 0 Å². The average Bonchev–Trinajstić information content (AvgIpc) is 2.96. The van der Waals surface area contributed by atoms with Gasteiger partial charge in [-0.2, -0.15) is 0 Å². The summed E-state index contributed by atoms with van der Waals surface area (Å²) in [4.78, 5) is 0. The monoisotopic (exact) mass is 370 g/mol. The Morgan fingerprint density at radius 2 is 1.89 bits per heavy atom. The van der Waals surface area contributed by atoms with Crippen molar-refractivity contribution >= 4 is 0 Å². The van der Waals surface area contributed by atoms with Crippen LogP contribution in [0.1, 0.15) is 91.9 Å². The molecule has 7 unspecified atom stereocenters. The zero-order chi connectivity index (χ0) is 19.2. The maximum Gasteiger partial charge on any atom is 0.0577 e. The summed E-state index contributed by atoms with van der Waals surface area (Å²) in [6.07, 6.45) is 20.2. The van der Waals surface area contributed by atoms with Crippen LogP contribution >= 0.6 is 0 Å². The van der Waals surface area contributed by atoms with Gasteiger partial charge in [0, 0.05) is 0 Å². The number of hydrogen-bond donors (Lipinski definition) is 1. The van der Waals surface area contributed by atoms with Gasteiger partial charge >= 0.3 is 0 Å². The fourth-order valence-electron chi connectivity index (χ4n) is 7.77. The number of rotatable bonds is 4. The summed E-state index contributed by atoms with van der Waals surface area (Å²) in [7, 11) is 0. The highest BCUT2D eigenvalue weighted by Crippen LogP contribution is 2.66. The van der Waals surface area contributed by atoms with Crippen LogP contribution in [0.15, 0.2) is 23.8 Å². The second-order valence-corrected chi connectivity index (χ2v) is 11.3. The van der Waals surface area contributed by atoms with Crippen LogP contribution in [0.5, 0.6) is 0 Å². The third-order valence-electron chi connectivity index (χ3n) is 9.47. The third-order valence-corrected chi connectivity index (χ3v) is 9.47. The van der Waals surface area contributed by atoms with Crippen LogP contribution in [0.2, 0.25) is 0 Å². The molecule has 4 aliphatic carbocycles. The molecule has 7 atom stereocenters. The fourth-order valence-corrected chi connectivity index (χ4v) is 7.77. The largest absolute Gasteiger partial charge is 0.393 e. The van der Waals surface area contributed by atoms with Crippen molar-refractivity contribution in [2.75, 3.05) is 0 Å². The SMILES string of the molecule is CC(C)C/C=C/CC1CCC2C3CC=C4CC(O)CCC4(C)C3CCC12C. The number of aliphatic hydroxyl groups is 1. The minimum absolute atomic E-state index is 0.0804. The predicted molar refractivity (Wildman–Crippen MR) is 114 cm³/mol. The first-order valence-corrected chi connectivity index (χ1v) is 11.9. The summed E-state index contributed by atoms with van der Waals surface area (Å²) in [6, 6.07) is 0.